The van der Waals surface area contributed by atoms with Gasteiger partial charge >= 0.3 is 0 Å². The molecule has 0 saturated heterocycles. The highest BCUT2D eigenvalue weighted by Crippen LogP contribution is 2.42. The molecule has 0 aliphatic carbocycles. The maximum Gasteiger partial charge on any atom is 0.126 e. The molecule has 0 aliphatic rings. The van der Waals surface area contributed by atoms with Crippen molar-refractivity contribution in [3.8, 4) is 0 Å². The van der Waals surface area contributed by atoms with E-state index < -0.39 is 0 Å². The first kappa shape index (κ1) is 14.8. The van der Waals surface area contributed by atoms with Crippen LogP contribution in [0.1, 0.15) is 44.1 Å². The lowest BCUT2D eigenvalue weighted by Gasteiger charge is -2.39. The van der Waals surface area contributed by atoms with Gasteiger partial charge in [-0.1, -0.05) is 44.2 Å². The van der Waals surface area contributed by atoms with E-state index in [1.807, 2.05) is 19.4 Å². The van der Waals surface area contributed by atoms with Gasteiger partial charge in [-0.2, -0.15) is 0 Å². The van der Waals surface area contributed by atoms with Crippen LogP contribution in [0.25, 0.3) is 0 Å². The van der Waals surface area contributed by atoms with Crippen LogP contribution in [-0.4, -0.2) is 16.6 Å². The van der Waals surface area contributed by atoms with E-state index in [1.165, 1.54) is 5.56 Å². The van der Waals surface area contributed by atoms with Crippen molar-refractivity contribution in [2.75, 3.05) is 7.05 Å². The highest BCUT2D eigenvalue weighted by Gasteiger charge is 2.39. The van der Waals surface area contributed by atoms with Crippen LogP contribution < -0.4 is 5.32 Å². The summed E-state index contributed by atoms with van der Waals surface area (Å²) in [6.45, 7) is 4.54. The smallest absolute Gasteiger partial charge is 0.126 e. The molecule has 3 heteroatoms. The summed E-state index contributed by atoms with van der Waals surface area (Å²) in [5.41, 5.74) is 1.45. The van der Waals surface area contributed by atoms with Crippen LogP contribution in [-0.2, 0) is 12.5 Å². The van der Waals surface area contributed by atoms with Gasteiger partial charge in [0.25, 0.3) is 0 Å². The van der Waals surface area contributed by atoms with Gasteiger partial charge in [0.1, 0.15) is 5.82 Å². The predicted octanol–water partition coefficient (Wildman–Crippen LogP) is 3.44. The minimum atomic E-state index is 0.0646. The molecule has 1 unspecified atom stereocenters. The molecule has 1 atom stereocenters. The first-order chi connectivity index (χ1) is 9.69. The van der Waals surface area contributed by atoms with Crippen molar-refractivity contribution in [2.24, 2.45) is 7.05 Å². The van der Waals surface area contributed by atoms with Crippen LogP contribution in [0.3, 0.4) is 0 Å². The van der Waals surface area contributed by atoms with Crippen molar-refractivity contribution in [3.63, 3.8) is 0 Å². The highest BCUT2D eigenvalue weighted by atomic mass is 15.1. The molecular formula is C17H25N3. The molecule has 3 nitrogen and oxygen atoms in total. The number of nitrogens with zero attached hydrogens (tertiary/aromatic N) is 2. The van der Waals surface area contributed by atoms with Gasteiger partial charge < -0.3 is 9.88 Å². The number of hydrogen-bond acceptors (Lipinski definition) is 2. The molecule has 0 amide bonds. The number of aryl methyl sites for hydroxylation is 1. The molecule has 0 fully saturated rings. The third kappa shape index (κ3) is 2.38. The maximum absolute atomic E-state index is 4.57. The molecule has 20 heavy (non-hydrogen) atoms. The standard InChI is InChI=1S/C17H25N3/c1-5-17(6-2,14-10-8-7-9-11-14)15(18-3)16-19-12-13-20(16)4/h7-13,15,18H,5-6H2,1-4H3. The van der Waals surface area contributed by atoms with Crippen LogP contribution in [0.5, 0.6) is 0 Å². The summed E-state index contributed by atoms with van der Waals surface area (Å²) in [6.07, 6.45) is 6.04. The van der Waals surface area contributed by atoms with Gasteiger partial charge in [-0.3, -0.25) is 0 Å². The Bertz CT molecular complexity index is 526. The fraction of sp³-hybridized carbons (Fsp3) is 0.471. The predicted molar refractivity (Wildman–Crippen MR) is 83.7 cm³/mol. The lowest BCUT2D eigenvalue weighted by molar-refractivity contribution is 0.273. The summed E-state index contributed by atoms with van der Waals surface area (Å²) < 4.78 is 2.12. The second-order valence-electron chi connectivity index (χ2n) is 5.35. The quantitative estimate of drug-likeness (QED) is 0.872. The lowest BCUT2D eigenvalue weighted by atomic mass is 9.69. The fourth-order valence-corrected chi connectivity index (χ4v) is 3.31. The monoisotopic (exact) mass is 271 g/mol. The van der Waals surface area contributed by atoms with Crippen molar-refractivity contribution in [2.45, 2.75) is 38.1 Å². The fourth-order valence-electron chi connectivity index (χ4n) is 3.31. The van der Waals surface area contributed by atoms with Gasteiger partial charge in [0, 0.05) is 24.9 Å². The number of rotatable bonds is 6. The van der Waals surface area contributed by atoms with E-state index in [0.29, 0.717) is 0 Å². The van der Waals surface area contributed by atoms with E-state index in [9.17, 15) is 0 Å². The van der Waals surface area contributed by atoms with Crippen LogP contribution in [0.4, 0.5) is 0 Å². The van der Waals surface area contributed by atoms with E-state index in [4.69, 9.17) is 0 Å². The number of likely N-dealkylation sites (N-methyl/N-ethyl adjacent to an activating group) is 1. The van der Waals surface area contributed by atoms with Crippen LogP contribution in [0.2, 0.25) is 0 Å². The van der Waals surface area contributed by atoms with Crippen molar-refractivity contribution in [1.82, 2.24) is 14.9 Å². The molecule has 1 N–H and O–H groups in total. The molecule has 1 aromatic heterocycles. The molecule has 2 aromatic rings. The Morgan fingerprint density at radius 2 is 1.85 bits per heavy atom. The van der Waals surface area contributed by atoms with E-state index in [0.717, 1.165) is 18.7 Å². The summed E-state index contributed by atoms with van der Waals surface area (Å²) in [4.78, 5) is 4.57. The largest absolute Gasteiger partial charge is 0.337 e. The van der Waals surface area contributed by atoms with Gasteiger partial charge in [0.05, 0.1) is 6.04 Å². The second kappa shape index (κ2) is 6.23. The van der Waals surface area contributed by atoms with Gasteiger partial charge in [0.15, 0.2) is 0 Å². The van der Waals surface area contributed by atoms with Crippen LogP contribution >= 0.6 is 0 Å². The Balaban J connectivity index is 2.54. The summed E-state index contributed by atoms with van der Waals surface area (Å²) in [5.74, 6) is 1.10. The molecule has 0 radical (unpaired) electrons. The Labute approximate surface area is 122 Å². The third-order valence-corrected chi connectivity index (χ3v) is 4.57. The zero-order valence-electron chi connectivity index (χ0n) is 12.9. The average Bonchev–Trinajstić information content (AvgIpc) is 2.91. The van der Waals surface area contributed by atoms with Gasteiger partial charge in [-0.05, 0) is 25.5 Å². The second-order valence-corrected chi connectivity index (χ2v) is 5.35. The first-order valence-electron chi connectivity index (χ1n) is 7.39. The lowest BCUT2D eigenvalue weighted by Crippen LogP contribution is -2.41. The maximum atomic E-state index is 4.57. The normalized spacial score (nSPS) is 13.4. The van der Waals surface area contributed by atoms with Crippen molar-refractivity contribution in [1.29, 1.82) is 0 Å². The molecule has 2 rings (SSSR count). The molecule has 1 heterocycles. The number of hydrogen-bond donors (Lipinski definition) is 1. The Morgan fingerprint density at radius 3 is 2.30 bits per heavy atom. The molecular weight excluding hydrogens is 246 g/mol. The Kier molecular flexibility index (Phi) is 4.61. The minimum Gasteiger partial charge on any atom is -0.337 e. The van der Waals surface area contributed by atoms with Crippen LogP contribution in [0, 0.1) is 0 Å². The van der Waals surface area contributed by atoms with Crippen LogP contribution in [0.15, 0.2) is 42.7 Å². The Hall–Kier alpha value is -1.61. The molecule has 1 aromatic carbocycles. The van der Waals surface area contributed by atoms with Crippen molar-refractivity contribution >= 4 is 0 Å². The summed E-state index contributed by atoms with van der Waals surface area (Å²) >= 11 is 0. The average molecular weight is 271 g/mol. The van der Waals surface area contributed by atoms with E-state index >= 15 is 0 Å². The topological polar surface area (TPSA) is 29.9 Å². The zero-order chi connectivity index (χ0) is 14.6. The van der Waals surface area contributed by atoms with Crippen molar-refractivity contribution < 1.29 is 0 Å². The van der Waals surface area contributed by atoms with E-state index in [1.54, 1.807) is 0 Å². The molecule has 0 saturated carbocycles. The number of imidazole rings is 1. The van der Waals surface area contributed by atoms with Crippen molar-refractivity contribution in [3.05, 3.63) is 54.1 Å². The van der Waals surface area contributed by atoms with E-state index in [-0.39, 0.29) is 11.5 Å². The van der Waals surface area contributed by atoms with E-state index in [2.05, 4.69) is 66.1 Å². The SMILES string of the molecule is CCC(CC)(c1ccccc1)C(NC)c1nccn1C. The molecule has 108 valence electrons. The molecule has 0 bridgehead atoms. The third-order valence-electron chi connectivity index (χ3n) is 4.57. The Morgan fingerprint density at radius 1 is 1.20 bits per heavy atom. The zero-order valence-corrected chi connectivity index (χ0v) is 12.9. The molecule has 0 spiro atoms. The number of nitrogens with one attached hydrogen (secondary N) is 1. The number of benzene rings is 1. The van der Waals surface area contributed by atoms with Gasteiger partial charge in [-0.25, -0.2) is 4.98 Å². The summed E-state index contributed by atoms with van der Waals surface area (Å²) in [5, 5.41) is 3.50. The first-order valence-corrected chi connectivity index (χ1v) is 7.39. The summed E-state index contributed by atoms with van der Waals surface area (Å²) in [6, 6.07) is 11.0. The number of aromatic nitrogens is 2. The van der Waals surface area contributed by atoms with Gasteiger partial charge in [0.2, 0.25) is 0 Å². The highest BCUT2D eigenvalue weighted by molar-refractivity contribution is 5.29. The van der Waals surface area contributed by atoms with Gasteiger partial charge in [-0.15, -0.1) is 0 Å². The summed E-state index contributed by atoms with van der Waals surface area (Å²) in [7, 11) is 4.09. The molecule has 0 aliphatic heterocycles. The minimum absolute atomic E-state index is 0.0646.